The average Bonchev–Trinajstić information content (AvgIpc) is 2.70. The van der Waals surface area contributed by atoms with Crippen LogP contribution >= 0.6 is 0 Å². The molecule has 2 aliphatic heterocycles. The normalized spacial score (nSPS) is 27.9. The standard InChI is InChI=1S/C14H15NO2/c16-13-8-11-6-7-14(17)15(11)9-12(13)10-4-2-1-3-5-10/h1-5,8,12-13,16H,6-7,9H2. The number of rotatable bonds is 1. The number of benzene rings is 1. The van der Waals surface area contributed by atoms with Crippen LogP contribution in [0.25, 0.3) is 0 Å². The first-order valence-electron chi connectivity index (χ1n) is 6.00. The van der Waals surface area contributed by atoms with Crippen molar-refractivity contribution in [3.63, 3.8) is 0 Å². The Labute approximate surface area is 100 Å². The van der Waals surface area contributed by atoms with Crippen LogP contribution in [0.2, 0.25) is 0 Å². The fraction of sp³-hybridized carbons (Fsp3) is 0.357. The third-order valence-electron chi connectivity index (χ3n) is 3.63. The molecular weight excluding hydrogens is 214 g/mol. The number of aliphatic hydroxyl groups excluding tert-OH is 1. The Bertz CT molecular complexity index is 466. The van der Waals surface area contributed by atoms with E-state index in [1.807, 2.05) is 41.3 Å². The number of fused-ring (bicyclic) bond motifs is 1. The highest BCUT2D eigenvalue weighted by Gasteiger charge is 2.35. The predicted octanol–water partition coefficient (Wildman–Crippen LogP) is 1.65. The zero-order chi connectivity index (χ0) is 11.8. The van der Waals surface area contributed by atoms with Gasteiger partial charge in [0.05, 0.1) is 6.10 Å². The van der Waals surface area contributed by atoms with Crippen LogP contribution in [0.3, 0.4) is 0 Å². The van der Waals surface area contributed by atoms with E-state index >= 15 is 0 Å². The van der Waals surface area contributed by atoms with E-state index in [1.54, 1.807) is 0 Å². The molecule has 3 rings (SSSR count). The highest BCUT2D eigenvalue weighted by molar-refractivity contribution is 5.81. The summed E-state index contributed by atoms with van der Waals surface area (Å²) in [6, 6.07) is 9.90. The molecule has 0 spiro atoms. The van der Waals surface area contributed by atoms with Gasteiger partial charge in [-0.2, -0.15) is 0 Å². The van der Waals surface area contributed by atoms with E-state index in [0.29, 0.717) is 13.0 Å². The zero-order valence-corrected chi connectivity index (χ0v) is 9.54. The summed E-state index contributed by atoms with van der Waals surface area (Å²) in [5.41, 5.74) is 2.09. The highest BCUT2D eigenvalue weighted by Crippen LogP contribution is 2.34. The van der Waals surface area contributed by atoms with Crippen molar-refractivity contribution in [3.05, 3.63) is 47.7 Å². The van der Waals surface area contributed by atoms with Crippen molar-refractivity contribution in [1.29, 1.82) is 0 Å². The summed E-state index contributed by atoms with van der Waals surface area (Å²) in [7, 11) is 0. The van der Waals surface area contributed by atoms with Gasteiger partial charge >= 0.3 is 0 Å². The van der Waals surface area contributed by atoms with E-state index in [2.05, 4.69) is 0 Å². The molecule has 2 heterocycles. The lowest BCUT2D eigenvalue weighted by Crippen LogP contribution is -2.37. The number of nitrogens with zero attached hydrogens (tertiary/aromatic N) is 1. The topological polar surface area (TPSA) is 40.5 Å². The van der Waals surface area contributed by atoms with Crippen molar-refractivity contribution in [2.45, 2.75) is 24.9 Å². The Balaban J connectivity index is 1.92. The third kappa shape index (κ3) is 1.76. The molecule has 1 saturated heterocycles. The van der Waals surface area contributed by atoms with Crippen molar-refractivity contribution >= 4 is 5.91 Å². The molecule has 1 amide bonds. The fourth-order valence-corrected chi connectivity index (χ4v) is 2.68. The van der Waals surface area contributed by atoms with Gasteiger partial charge in [0.15, 0.2) is 0 Å². The van der Waals surface area contributed by atoms with Gasteiger partial charge in [0.2, 0.25) is 5.91 Å². The molecule has 1 fully saturated rings. The Kier molecular flexibility index (Phi) is 2.48. The van der Waals surface area contributed by atoms with E-state index in [1.165, 1.54) is 0 Å². The number of carbonyl (C=O) groups is 1. The Morgan fingerprint density at radius 3 is 2.71 bits per heavy atom. The van der Waals surface area contributed by atoms with Gasteiger partial charge in [-0.05, 0) is 18.1 Å². The lowest BCUT2D eigenvalue weighted by Gasteiger charge is -2.32. The first kappa shape index (κ1) is 10.5. The summed E-state index contributed by atoms with van der Waals surface area (Å²) < 4.78 is 0. The minimum absolute atomic E-state index is 0.00185. The second-order valence-electron chi connectivity index (χ2n) is 4.67. The molecule has 0 radical (unpaired) electrons. The molecule has 3 nitrogen and oxygen atoms in total. The number of allylic oxidation sites excluding steroid dienone is 1. The van der Waals surface area contributed by atoms with Crippen LogP contribution in [0.4, 0.5) is 0 Å². The van der Waals surface area contributed by atoms with Gasteiger partial charge in [-0.15, -0.1) is 0 Å². The smallest absolute Gasteiger partial charge is 0.227 e. The second kappa shape index (κ2) is 4.00. The summed E-state index contributed by atoms with van der Waals surface area (Å²) in [4.78, 5) is 13.5. The first-order chi connectivity index (χ1) is 8.25. The van der Waals surface area contributed by atoms with Gasteiger partial charge in [0.1, 0.15) is 0 Å². The summed E-state index contributed by atoms with van der Waals surface area (Å²) in [6.07, 6.45) is 2.72. The summed E-state index contributed by atoms with van der Waals surface area (Å²) >= 11 is 0. The van der Waals surface area contributed by atoms with E-state index in [-0.39, 0.29) is 11.8 Å². The molecule has 2 unspecified atom stereocenters. The minimum atomic E-state index is -0.477. The van der Waals surface area contributed by atoms with Crippen LogP contribution in [0.15, 0.2) is 42.1 Å². The third-order valence-corrected chi connectivity index (χ3v) is 3.63. The first-order valence-corrected chi connectivity index (χ1v) is 6.00. The maximum Gasteiger partial charge on any atom is 0.227 e. The Morgan fingerprint density at radius 2 is 1.94 bits per heavy atom. The maximum atomic E-state index is 11.7. The van der Waals surface area contributed by atoms with Crippen LogP contribution in [0.1, 0.15) is 24.3 Å². The largest absolute Gasteiger partial charge is 0.388 e. The predicted molar refractivity (Wildman–Crippen MR) is 64.2 cm³/mol. The number of hydrogen-bond donors (Lipinski definition) is 1. The molecule has 0 saturated carbocycles. The Morgan fingerprint density at radius 1 is 1.18 bits per heavy atom. The van der Waals surface area contributed by atoms with Gasteiger partial charge in [-0.25, -0.2) is 0 Å². The summed E-state index contributed by atoms with van der Waals surface area (Å²) in [5.74, 6) is 0.186. The van der Waals surface area contributed by atoms with Crippen LogP contribution in [-0.4, -0.2) is 28.6 Å². The van der Waals surface area contributed by atoms with Crippen LogP contribution in [-0.2, 0) is 4.79 Å². The quantitative estimate of drug-likeness (QED) is 0.795. The van der Waals surface area contributed by atoms with E-state index in [9.17, 15) is 9.90 Å². The number of hydrogen-bond acceptors (Lipinski definition) is 2. The van der Waals surface area contributed by atoms with E-state index in [0.717, 1.165) is 17.7 Å². The molecule has 0 aromatic heterocycles. The average molecular weight is 229 g/mol. The van der Waals surface area contributed by atoms with Gasteiger partial charge in [0.25, 0.3) is 0 Å². The van der Waals surface area contributed by atoms with E-state index in [4.69, 9.17) is 0 Å². The molecule has 88 valence electrons. The van der Waals surface area contributed by atoms with Crippen LogP contribution in [0, 0.1) is 0 Å². The number of carbonyl (C=O) groups excluding carboxylic acids is 1. The molecule has 17 heavy (non-hydrogen) atoms. The van der Waals surface area contributed by atoms with Crippen molar-refractivity contribution in [1.82, 2.24) is 4.90 Å². The monoisotopic (exact) mass is 229 g/mol. The number of amides is 1. The summed E-state index contributed by atoms with van der Waals surface area (Å²) in [5, 5.41) is 10.1. The molecule has 3 heteroatoms. The lowest BCUT2D eigenvalue weighted by atomic mass is 9.89. The molecule has 1 N–H and O–H groups in total. The second-order valence-corrected chi connectivity index (χ2v) is 4.67. The van der Waals surface area contributed by atoms with Crippen molar-refractivity contribution in [2.24, 2.45) is 0 Å². The molecule has 0 aliphatic carbocycles. The molecule has 1 aromatic carbocycles. The van der Waals surface area contributed by atoms with Crippen LogP contribution in [0.5, 0.6) is 0 Å². The van der Waals surface area contributed by atoms with Crippen molar-refractivity contribution in [3.8, 4) is 0 Å². The molecule has 1 aromatic rings. The summed E-state index contributed by atoms with van der Waals surface area (Å²) in [6.45, 7) is 0.607. The van der Waals surface area contributed by atoms with Gasteiger partial charge in [-0.3, -0.25) is 4.79 Å². The van der Waals surface area contributed by atoms with Crippen molar-refractivity contribution < 1.29 is 9.90 Å². The molecule has 2 aliphatic rings. The van der Waals surface area contributed by atoms with Gasteiger partial charge in [0, 0.05) is 24.6 Å². The highest BCUT2D eigenvalue weighted by atomic mass is 16.3. The van der Waals surface area contributed by atoms with Crippen molar-refractivity contribution in [2.75, 3.05) is 6.54 Å². The lowest BCUT2D eigenvalue weighted by molar-refractivity contribution is -0.127. The molecule has 0 bridgehead atoms. The minimum Gasteiger partial charge on any atom is -0.388 e. The van der Waals surface area contributed by atoms with Crippen LogP contribution < -0.4 is 0 Å². The van der Waals surface area contributed by atoms with Gasteiger partial charge in [-0.1, -0.05) is 30.3 Å². The van der Waals surface area contributed by atoms with Gasteiger partial charge < -0.3 is 10.0 Å². The maximum absolute atomic E-state index is 11.7. The van der Waals surface area contributed by atoms with E-state index < -0.39 is 6.10 Å². The fourth-order valence-electron chi connectivity index (χ4n) is 2.68. The molecular formula is C14H15NO2. The number of aliphatic hydroxyl groups is 1. The molecule has 2 atom stereocenters. The Hall–Kier alpha value is -1.61. The zero-order valence-electron chi connectivity index (χ0n) is 9.54. The SMILES string of the molecule is O=C1CCC2=CC(O)C(c3ccccc3)CN12.